The van der Waals surface area contributed by atoms with E-state index in [1.807, 2.05) is 36.4 Å². The first-order valence-electron chi connectivity index (χ1n) is 9.25. The third kappa shape index (κ3) is 6.73. The lowest BCUT2D eigenvalue weighted by Crippen LogP contribution is -2.32. The third-order valence-corrected chi connectivity index (χ3v) is 7.67. The Hall–Kier alpha value is -1.39. The zero-order valence-electron chi connectivity index (χ0n) is 15.4. The smallest absolute Gasteiger partial charge is 0.330 e. The van der Waals surface area contributed by atoms with Crippen molar-refractivity contribution < 1.29 is 9.90 Å². The molecule has 2 rings (SSSR count). The van der Waals surface area contributed by atoms with Crippen molar-refractivity contribution in [2.24, 2.45) is 0 Å². The summed E-state index contributed by atoms with van der Waals surface area (Å²) in [5.74, 6) is 0.752. The molecule has 26 heavy (non-hydrogen) atoms. The summed E-state index contributed by atoms with van der Waals surface area (Å²) in [5, 5.41) is 10.1. The number of unbranched alkanes of at least 4 members (excludes halogenated alkanes) is 3. The zero-order chi connectivity index (χ0) is 18.7. The Morgan fingerprint density at radius 1 is 0.846 bits per heavy atom. The summed E-state index contributed by atoms with van der Waals surface area (Å²) in [7, 11) is 0. The fourth-order valence-electron chi connectivity index (χ4n) is 2.75. The highest BCUT2D eigenvalue weighted by atomic mass is 32.2. The van der Waals surface area contributed by atoms with Crippen LogP contribution < -0.4 is 0 Å². The van der Waals surface area contributed by atoms with Gasteiger partial charge in [-0.1, -0.05) is 93.3 Å². The van der Waals surface area contributed by atoms with Crippen LogP contribution in [0, 0.1) is 0 Å². The largest absolute Gasteiger partial charge is 0.480 e. The Labute approximate surface area is 165 Å². The molecule has 2 aromatic rings. The molecule has 2 nitrogen and oxygen atoms in total. The van der Waals surface area contributed by atoms with E-state index in [2.05, 4.69) is 31.2 Å². The Morgan fingerprint density at radius 2 is 1.35 bits per heavy atom. The second-order valence-electron chi connectivity index (χ2n) is 6.42. The van der Waals surface area contributed by atoms with Crippen molar-refractivity contribution in [2.75, 3.05) is 0 Å². The van der Waals surface area contributed by atoms with E-state index in [-0.39, 0.29) is 0 Å². The van der Waals surface area contributed by atoms with E-state index in [1.54, 1.807) is 23.5 Å². The van der Waals surface area contributed by atoms with Gasteiger partial charge in [-0.2, -0.15) is 0 Å². The van der Waals surface area contributed by atoms with Crippen LogP contribution in [0.2, 0.25) is 0 Å². The van der Waals surface area contributed by atoms with Crippen LogP contribution in [-0.2, 0) is 16.3 Å². The van der Waals surface area contributed by atoms with Crippen LogP contribution in [0.25, 0.3) is 0 Å². The standard InChI is InChI=1S/C22H28O2S2/c1-2-3-4-11-16-22(21(23)24,25-17-19-12-7-5-8-13-19)26-18-20-14-9-6-10-15-20/h5-10,12-15H,2-4,11,16-18H2,1H3,(H,23,24). The molecule has 0 heterocycles. The molecule has 0 amide bonds. The molecule has 0 aliphatic carbocycles. The van der Waals surface area contributed by atoms with Crippen molar-refractivity contribution >= 4 is 29.5 Å². The van der Waals surface area contributed by atoms with Crippen LogP contribution in [0.1, 0.15) is 50.2 Å². The van der Waals surface area contributed by atoms with E-state index < -0.39 is 10.0 Å². The van der Waals surface area contributed by atoms with Crippen LogP contribution in [0.3, 0.4) is 0 Å². The molecular weight excluding hydrogens is 360 g/mol. The number of hydrogen-bond acceptors (Lipinski definition) is 3. The molecule has 0 spiro atoms. The summed E-state index contributed by atoms with van der Waals surface area (Å²) < 4.78 is -0.792. The lowest BCUT2D eigenvalue weighted by atomic mass is 10.1. The molecule has 0 radical (unpaired) electrons. The summed E-state index contributed by atoms with van der Waals surface area (Å²) in [5.41, 5.74) is 2.36. The summed E-state index contributed by atoms with van der Waals surface area (Å²) in [6, 6.07) is 20.3. The Balaban J connectivity index is 2.08. The first-order valence-corrected chi connectivity index (χ1v) is 11.2. The average molecular weight is 389 g/mol. The van der Waals surface area contributed by atoms with Crippen molar-refractivity contribution in [1.29, 1.82) is 0 Å². The van der Waals surface area contributed by atoms with Crippen LogP contribution in [0.4, 0.5) is 0 Å². The van der Waals surface area contributed by atoms with Gasteiger partial charge >= 0.3 is 5.97 Å². The molecule has 0 atom stereocenters. The number of rotatable bonds is 12. The van der Waals surface area contributed by atoms with E-state index in [0.29, 0.717) is 6.42 Å². The van der Waals surface area contributed by atoms with Gasteiger partial charge in [-0.15, -0.1) is 23.5 Å². The summed E-state index contributed by atoms with van der Waals surface area (Å²) in [6.45, 7) is 2.18. The zero-order valence-corrected chi connectivity index (χ0v) is 17.0. The van der Waals surface area contributed by atoms with Gasteiger partial charge < -0.3 is 5.11 Å². The lowest BCUT2D eigenvalue weighted by molar-refractivity contribution is -0.137. The minimum atomic E-state index is -0.792. The van der Waals surface area contributed by atoms with Gasteiger partial charge in [0.05, 0.1) is 0 Å². The van der Waals surface area contributed by atoms with E-state index in [4.69, 9.17) is 0 Å². The predicted molar refractivity (Wildman–Crippen MR) is 115 cm³/mol. The Morgan fingerprint density at radius 3 is 1.77 bits per heavy atom. The van der Waals surface area contributed by atoms with Crippen molar-refractivity contribution in [3.63, 3.8) is 0 Å². The normalized spacial score (nSPS) is 11.4. The monoisotopic (exact) mass is 388 g/mol. The van der Waals surface area contributed by atoms with Crippen molar-refractivity contribution in [3.8, 4) is 0 Å². The van der Waals surface area contributed by atoms with Gasteiger partial charge in [0.2, 0.25) is 0 Å². The number of carbonyl (C=O) groups is 1. The maximum absolute atomic E-state index is 12.3. The average Bonchev–Trinajstić information content (AvgIpc) is 2.68. The highest BCUT2D eigenvalue weighted by Crippen LogP contribution is 2.45. The maximum Gasteiger partial charge on any atom is 0.330 e. The number of carboxylic acid groups (broad SMARTS) is 1. The molecular formula is C22H28O2S2. The van der Waals surface area contributed by atoms with Gasteiger partial charge in [-0.3, -0.25) is 0 Å². The van der Waals surface area contributed by atoms with Gasteiger partial charge in [-0.05, 0) is 17.5 Å². The van der Waals surface area contributed by atoms with Crippen LogP contribution >= 0.6 is 23.5 Å². The number of thioether (sulfide) groups is 2. The van der Waals surface area contributed by atoms with Crippen molar-refractivity contribution in [1.82, 2.24) is 0 Å². The molecule has 1 N–H and O–H groups in total. The van der Waals surface area contributed by atoms with Crippen LogP contribution in [0.15, 0.2) is 60.7 Å². The second kappa shape index (κ2) is 11.3. The van der Waals surface area contributed by atoms with E-state index >= 15 is 0 Å². The minimum Gasteiger partial charge on any atom is -0.480 e. The summed E-state index contributed by atoms with van der Waals surface area (Å²) >= 11 is 3.14. The topological polar surface area (TPSA) is 37.3 Å². The molecule has 0 unspecified atom stereocenters. The Bertz CT molecular complexity index is 600. The molecule has 0 saturated carbocycles. The first kappa shape index (κ1) is 20.9. The van der Waals surface area contributed by atoms with Crippen LogP contribution in [0.5, 0.6) is 0 Å². The first-order chi connectivity index (χ1) is 12.7. The number of benzene rings is 2. The quantitative estimate of drug-likeness (QED) is 0.328. The van der Waals surface area contributed by atoms with Gasteiger partial charge in [-0.25, -0.2) is 4.79 Å². The lowest BCUT2D eigenvalue weighted by Gasteiger charge is -2.28. The molecule has 0 fully saturated rings. The molecule has 2 aromatic carbocycles. The SMILES string of the molecule is CCCCCCC(SCc1ccccc1)(SCc1ccccc1)C(=O)O. The van der Waals surface area contributed by atoms with Gasteiger partial charge in [0, 0.05) is 11.5 Å². The molecule has 0 aromatic heterocycles. The second-order valence-corrected chi connectivity index (χ2v) is 9.22. The predicted octanol–water partition coefficient (Wildman–Crippen LogP) is 6.60. The number of aliphatic carboxylic acids is 1. The number of hydrogen-bond donors (Lipinski definition) is 1. The van der Waals surface area contributed by atoms with Crippen LogP contribution in [-0.4, -0.2) is 15.2 Å². The molecule has 140 valence electrons. The minimum absolute atomic E-state index is 0.698. The fraction of sp³-hybridized carbons (Fsp3) is 0.409. The molecule has 0 aliphatic rings. The fourth-order valence-corrected chi connectivity index (χ4v) is 5.44. The molecule has 0 bridgehead atoms. The maximum atomic E-state index is 12.3. The molecule has 0 saturated heterocycles. The van der Waals surface area contributed by atoms with Gasteiger partial charge in [0.1, 0.15) is 0 Å². The van der Waals surface area contributed by atoms with Crippen molar-refractivity contribution in [2.45, 2.75) is 54.6 Å². The molecule has 4 heteroatoms. The van der Waals surface area contributed by atoms with Crippen molar-refractivity contribution in [3.05, 3.63) is 71.8 Å². The third-order valence-electron chi connectivity index (χ3n) is 4.31. The highest BCUT2D eigenvalue weighted by molar-refractivity contribution is 8.18. The Kier molecular flexibility index (Phi) is 9.13. The highest BCUT2D eigenvalue weighted by Gasteiger charge is 2.39. The summed E-state index contributed by atoms with van der Waals surface area (Å²) in [6.07, 6.45) is 5.10. The van der Waals surface area contributed by atoms with Gasteiger partial charge in [0.25, 0.3) is 0 Å². The number of carboxylic acids is 1. The summed E-state index contributed by atoms with van der Waals surface area (Å²) in [4.78, 5) is 12.3. The van der Waals surface area contributed by atoms with Gasteiger partial charge in [0.15, 0.2) is 4.08 Å². The van der Waals surface area contributed by atoms with E-state index in [0.717, 1.165) is 30.8 Å². The molecule has 0 aliphatic heterocycles. The van der Waals surface area contributed by atoms with E-state index in [1.165, 1.54) is 17.5 Å². The van der Waals surface area contributed by atoms with E-state index in [9.17, 15) is 9.90 Å².